The highest BCUT2D eigenvalue weighted by molar-refractivity contribution is 7.86. The van der Waals surface area contributed by atoms with Crippen molar-refractivity contribution in [1.29, 1.82) is 0 Å². The molecular weight excluding hydrogens is 580 g/mol. The van der Waals surface area contributed by atoms with Gasteiger partial charge in [0.1, 0.15) is 6.54 Å². The van der Waals surface area contributed by atoms with E-state index in [0.717, 1.165) is 11.4 Å². The van der Waals surface area contributed by atoms with Gasteiger partial charge in [-0.25, -0.2) is 0 Å². The molecule has 0 aromatic heterocycles. The van der Waals surface area contributed by atoms with Gasteiger partial charge >= 0.3 is 5.97 Å². The number of para-hydroxylation sites is 1. The van der Waals surface area contributed by atoms with Gasteiger partial charge in [-0.1, -0.05) is 36.4 Å². The molecule has 1 heterocycles. The Morgan fingerprint density at radius 2 is 1.64 bits per heavy atom. The fraction of sp³-hybridized carbons (Fsp3) is 0.333. The molecule has 1 unspecified atom stereocenters. The molecule has 1 atom stereocenters. The van der Waals surface area contributed by atoms with Crippen LogP contribution < -0.4 is 5.32 Å². The van der Waals surface area contributed by atoms with Crippen molar-refractivity contribution in [2.24, 2.45) is 0 Å². The topological polar surface area (TPSA) is 161 Å². The molecule has 0 spiro atoms. The van der Waals surface area contributed by atoms with Crippen LogP contribution in [0.4, 0.5) is 11.4 Å². The zero-order valence-corrected chi connectivity index (χ0v) is 25.0. The van der Waals surface area contributed by atoms with Gasteiger partial charge in [-0.05, 0) is 62.9 Å². The Labute approximate surface area is 247 Å². The minimum absolute atomic E-state index is 0.0651. The van der Waals surface area contributed by atoms with E-state index in [2.05, 4.69) is 5.32 Å². The van der Waals surface area contributed by atoms with E-state index >= 15 is 0 Å². The SMILES string of the molecule is CC1(CCCS(=O)(=O)O)C(/C=C/C=C/C=C/Nc2ccccc2)=[N+](CCCCCC(=O)O)c2ccc(S(=O)(=O)O)cc21. The van der Waals surface area contributed by atoms with E-state index < -0.39 is 37.4 Å². The largest absolute Gasteiger partial charge is 0.481 e. The molecule has 1 aliphatic rings. The van der Waals surface area contributed by atoms with Crippen molar-refractivity contribution in [2.75, 3.05) is 17.6 Å². The molecule has 0 radical (unpaired) electrons. The molecule has 4 N–H and O–H groups in total. The number of unbranched alkanes of at least 4 members (excludes halogenated alkanes) is 2. The summed E-state index contributed by atoms with van der Waals surface area (Å²) in [5.74, 6) is -1.32. The molecule has 10 nitrogen and oxygen atoms in total. The molecule has 1 aliphatic heterocycles. The molecule has 3 rings (SSSR count). The summed E-state index contributed by atoms with van der Waals surface area (Å²) in [6.45, 7) is 2.39. The Bertz CT molecular complexity index is 1590. The van der Waals surface area contributed by atoms with Crippen molar-refractivity contribution in [3.8, 4) is 0 Å². The van der Waals surface area contributed by atoms with Crippen molar-refractivity contribution in [2.45, 2.75) is 55.8 Å². The monoisotopic (exact) mass is 617 g/mol. The zero-order chi connectivity index (χ0) is 30.8. The Hall–Kier alpha value is -3.58. The van der Waals surface area contributed by atoms with Crippen LogP contribution in [0.1, 0.15) is 51.0 Å². The van der Waals surface area contributed by atoms with E-state index in [9.17, 15) is 30.7 Å². The summed E-state index contributed by atoms with van der Waals surface area (Å²) >= 11 is 0. The number of carbonyl (C=O) groups is 1. The van der Waals surface area contributed by atoms with Crippen LogP contribution in [0.15, 0.2) is 90.0 Å². The van der Waals surface area contributed by atoms with Crippen molar-refractivity contribution in [3.05, 3.63) is 90.7 Å². The number of anilines is 1. The number of fused-ring (bicyclic) bond motifs is 1. The van der Waals surface area contributed by atoms with E-state index in [4.69, 9.17) is 5.11 Å². The zero-order valence-electron chi connectivity index (χ0n) is 23.4. The Kier molecular flexibility index (Phi) is 11.4. The van der Waals surface area contributed by atoms with Crippen LogP contribution in [-0.2, 0) is 30.4 Å². The second-order valence-electron chi connectivity index (χ2n) is 10.2. The summed E-state index contributed by atoms with van der Waals surface area (Å²) in [5, 5.41) is 12.1. The Balaban J connectivity index is 1.95. The molecule has 12 heteroatoms. The third kappa shape index (κ3) is 9.48. The van der Waals surface area contributed by atoms with Gasteiger partial charge in [0.2, 0.25) is 5.69 Å². The van der Waals surface area contributed by atoms with Gasteiger partial charge in [0, 0.05) is 42.4 Å². The fourth-order valence-electron chi connectivity index (χ4n) is 5.04. The molecule has 0 aliphatic carbocycles. The first-order valence-corrected chi connectivity index (χ1v) is 16.6. The van der Waals surface area contributed by atoms with Crippen molar-refractivity contribution >= 4 is 43.3 Å². The number of carboxylic acids is 1. The van der Waals surface area contributed by atoms with Crippen LogP contribution in [-0.4, -0.2) is 59.6 Å². The summed E-state index contributed by atoms with van der Waals surface area (Å²) in [7, 11) is -8.71. The lowest BCUT2D eigenvalue weighted by Crippen LogP contribution is -2.32. The highest BCUT2D eigenvalue weighted by Crippen LogP contribution is 2.44. The average Bonchev–Trinajstić information content (AvgIpc) is 3.14. The highest BCUT2D eigenvalue weighted by Gasteiger charge is 2.47. The average molecular weight is 618 g/mol. The summed E-state index contributed by atoms with van der Waals surface area (Å²) in [6.07, 6.45) is 13.3. The van der Waals surface area contributed by atoms with Gasteiger partial charge in [0.05, 0.1) is 16.1 Å². The number of aliphatic carboxylic acids is 1. The lowest BCUT2D eigenvalue weighted by Gasteiger charge is -2.22. The third-order valence-corrected chi connectivity index (χ3v) is 8.72. The van der Waals surface area contributed by atoms with Gasteiger partial charge in [-0.3, -0.25) is 13.9 Å². The van der Waals surface area contributed by atoms with E-state index in [0.29, 0.717) is 37.1 Å². The van der Waals surface area contributed by atoms with Gasteiger partial charge in [0.25, 0.3) is 20.2 Å². The Morgan fingerprint density at radius 1 is 0.929 bits per heavy atom. The number of nitrogens with one attached hydrogen (secondary N) is 1. The Morgan fingerprint density at radius 3 is 2.31 bits per heavy atom. The van der Waals surface area contributed by atoms with Gasteiger partial charge in [-0.15, -0.1) is 0 Å². The van der Waals surface area contributed by atoms with Crippen molar-refractivity contribution in [3.63, 3.8) is 0 Å². The summed E-state index contributed by atoms with van der Waals surface area (Å²) in [6, 6.07) is 14.0. The maximum Gasteiger partial charge on any atom is 0.303 e. The van der Waals surface area contributed by atoms with E-state index in [1.807, 2.05) is 72.2 Å². The molecule has 0 saturated carbocycles. The molecule has 42 heavy (non-hydrogen) atoms. The molecule has 2 aromatic rings. The molecule has 0 saturated heterocycles. The first-order chi connectivity index (χ1) is 19.8. The van der Waals surface area contributed by atoms with Gasteiger partial charge in [-0.2, -0.15) is 21.4 Å². The van der Waals surface area contributed by atoms with Crippen LogP contribution in [0.25, 0.3) is 0 Å². The number of carboxylic acid groups (broad SMARTS) is 1. The predicted octanol–water partition coefficient (Wildman–Crippen LogP) is 5.34. The third-order valence-electron chi connectivity index (χ3n) is 7.07. The first-order valence-electron chi connectivity index (χ1n) is 13.6. The quantitative estimate of drug-likeness (QED) is 0.0843. The van der Waals surface area contributed by atoms with Crippen LogP contribution in [0.3, 0.4) is 0 Å². The highest BCUT2D eigenvalue weighted by atomic mass is 32.2. The fourth-order valence-corrected chi connectivity index (χ4v) is 6.05. The lowest BCUT2D eigenvalue weighted by molar-refractivity contribution is -0.438. The van der Waals surface area contributed by atoms with Crippen LogP contribution >= 0.6 is 0 Å². The van der Waals surface area contributed by atoms with Crippen LogP contribution in [0, 0.1) is 0 Å². The number of allylic oxidation sites excluding steroid dienone is 5. The summed E-state index contributed by atoms with van der Waals surface area (Å²) in [4.78, 5) is 10.6. The maximum atomic E-state index is 12.0. The number of rotatable bonds is 16. The minimum atomic E-state index is -4.50. The normalized spacial score (nSPS) is 17.5. The summed E-state index contributed by atoms with van der Waals surface area (Å²) in [5.41, 5.74) is 2.20. The van der Waals surface area contributed by atoms with Crippen molar-refractivity contribution in [1.82, 2.24) is 0 Å². The molecule has 0 bridgehead atoms. The molecule has 2 aromatic carbocycles. The van der Waals surface area contributed by atoms with Crippen molar-refractivity contribution < 1.29 is 40.4 Å². The van der Waals surface area contributed by atoms with E-state index in [-0.39, 0.29) is 24.2 Å². The van der Waals surface area contributed by atoms with Gasteiger partial charge < -0.3 is 10.4 Å². The van der Waals surface area contributed by atoms with Gasteiger partial charge in [0.15, 0.2) is 5.71 Å². The first kappa shape index (κ1) is 32.9. The standard InChI is InChI=1S/C30H36N2O8S2/c1-30(19-12-22-41(35,36)37)26-23-25(42(38,39)40)17-18-27(26)32(21-11-5-9-16-29(33)34)28(30)15-8-2-3-10-20-31-24-13-6-4-7-14-24/h2-4,6-8,10,13-15,17-18,20,23H,5,9,11-12,16,19,21-22H2,1H3,(H3,33,34,35,36,37,38,39,40)/p+1. The number of nitrogens with zero attached hydrogens (tertiary/aromatic N) is 1. The minimum Gasteiger partial charge on any atom is -0.481 e. The van der Waals surface area contributed by atoms with E-state index in [1.54, 1.807) is 12.3 Å². The molecule has 0 fully saturated rings. The maximum absolute atomic E-state index is 12.0. The molecule has 226 valence electrons. The number of hydrogen-bond donors (Lipinski definition) is 4. The smallest absolute Gasteiger partial charge is 0.303 e. The lowest BCUT2D eigenvalue weighted by atomic mass is 9.76. The van der Waals surface area contributed by atoms with E-state index in [1.165, 1.54) is 12.1 Å². The van der Waals surface area contributed by atoms with Crippen LogP contribution in [0.5, 0.6) is 0 Å². The second-order valence-corrected chi connectivity index (χ2v) is 13.2. The molecular formula is C30H37N2O8S2+. The molecule has 0 amide bonds. The number of hydrogen-bond acceptors (Lipinski definition) is 6. The predicted molar refractivity (Wildman–Crippen MR) is 163 cm³/mol. The number of benzene rings is 2. The summed E-state index contributed by atoms with van der Waals surface area (Å²) < 4.78 is 68.0. The second kappa shape index (κ2) is 14.5. The van der Waals surface area contributed by atoms with Crippen LogP contribution in [0.2, 0.25) is 0 Å².